The van der Waals surface area contributed by atoms with Crippen LogP contribution in [0.25, 0.3) is 0 Å². The summed E-state index contributed by atoms with van der Waals surface area (Å²) in [5.41, 5.74) is 0. The molecular weight excluding hydrogens is 351 g/mol. The van der Waals surface area contributed by atoms with Gasteiger partial charge < -0.3 is 9.47 Å². The Morgan fingerprint density at radius 3 is 1.50 bits per heavy atom. The van der Waals surface area contributed by atoms with E-state index in [0.29, 0.717) is 12.8 Å². The van der Waals surface area contributed by atoms with E-state index in [2.05, 4.69) is 0 Å². The molecule has 1 aliphatic rings. The maximum Gasteiger partial charge on any atom is 0.339 e. The van der Waals surface area contributed by atoms with E-state index in [1.807, 2.05) is 0 Å². The largest absolute Gasteiger partial charge is 0.458 e. The summed E-state index contributed by atoms with van der Waals surface area (Å²) in [7, 11) is 0. The Morgan fingerprint density at radius 1 is 0.750 bits per heavy atom. The van der Waals surface area contributed by atoms with Crippen LogP contribution >= 0.6 is 23.2 Å². The van der Waals surface area contributed by atoms with Crippen LogP contribution in [-0.4, -0.2) is 29.0 Å². The van der Waals surface area contributed by atoms with Gasteiger partial charge in [-0.15, -0.1) is 0 Å². The van der Waals surface area contributed by atoms with Gasteiger partial charge in [-0.05, 0) is 25.7 Å². The molecule has 0 radical (unpaired) electrons. The zero-order chi connectivity index (χ0) is 17.9. The van der Waals surface area contributed by atoms with Crippen molar-refractivity contribution in [1.29, 1.82) is 0 Å². The summed E-state index contributed by atoms with van der Waals surface area (Å²) >= 11 is 11.2. The molecule has 1 fully saturated rings. The molecule has 24 heavy (non-hydrogen) atoms. The van der Waals surface area contributed by atoms with E-state index < -0.39 is 23.0 Å². The molecule has 6 heteroatoms. The van der Waals surface area contributed by atoms with Gasteiger partial charge in [0.2, 0.25) is 4.84 Å². The van der Waals surface area contributed by atoms with Gasteiger partial charge in [-0.3, -0.25) is 4.79 Å². The predicted molar refractivity (Wildman–Crippen MR) is 96.3 cm³/mol. The van der Waals surface area contributed by atoms with Crippen LogP contribution in [0, 0.1) is 5.92 Å². The van der Waals surface area contributed by atoms with Crippen molar-refractivity contribution < 1.29 is 19.1 Å². The summed E-state index contributed by atoms with van der Waals surface area (Å²) in [5, 5.41) is 0. The first kappa shape index (κ1) is 21.6. The van der Waals surface area contributed by atoms with Crippen LogP contribution in [0.3, 0.4) is 0 Å². The van der Waals surface area contributed by atoms with Crippen molar-refractivity contribution in [2.75, 3.05) is 0 Å². The lowest BCUT2D eigenvalue weighted by Gasteiger charge is -2.28. The quantitative estimate of drug-likeness (QED) is 0.497. The second kappa shape index (κ2) is 12.0. The van der Waals surface area contributed by atoms with Gasteiger partial charge in [0.15, 0.2) is 0 Å². The number of hydrogen-bond donors (Lipinski definition) is 0. The summed E-state index contributed by atoms with van der Waals surface area (Å²) in [6.45, 7) is 3.60. The molecule has 4 nitrogen and oxygen atoms in total. The Hall–Kier alpha value is -0.480. The minimum absolute atomic E-state index is 0.212. The molecule has 1 saturated carbocycles. The van der Waals surface area contributed by atoms with Crippen molar-refractivity contribution in [3.63, 3.8) is 0 Å². The number of carbonyl (C=O) groups excluding carboxylic acids is 2. The molecule has 0 N–H and O–H groups in total. The molecule has 0 heterocycles. The molecule has 0 spiro atoms. The molecule has 0 aromatic heterocycles. The predicted octanol–water partition coefficient (Wildman–Crippen LogP) is 5.18. The Labute approximate surface area is 155 Å². The Balaban J connectivity index is 2.79. The monoisotopic (exact) mass is 380 g/mol. The van der Waals surface area contributed by atoms with Gasteiger partial charge in [0.25, 0.3) is 0 Å². The molecule has 0 aromatic carbocycles. The Bertz CT molecular complexity index is 349. The van der Waals surface area contributed by atoms with Crippen LogP contribution in [0.5, 0.6) is 0 Å². The van der Waals surface area contributed by atoms with Crippen molar-refractivity contribution in [1.82, 2.24) is 0 Å². The van der Waals surface area contributed by atoms with Gasteiger partial charge >= 0.3 is 11.9 Å². The first-order valence-electron chi connectivity index (χ1n) is 9.11. The molecular formula is C18H30Cl2O4. The van der Waals surface area contributed by atoms with E-state index in [0.717, 1.165) is 25.7 Å². The van der Waals surface area contributed by atoms with Crippen LogP contribution in [0.2, 0.25) is 0 Å². The summed E-state index contributed by atoms with van der Waals surface area (Å²) in [4.78, 5) is 22.6. The fraction of sp³-hybridized carbons (Fsp3) is 0.889. The maximum atomic E-state index is 12.0. The molecule has 0 aliphatic heterocycles. The van der Waals surface area contributed by atoms with Gasteiger partial charge in [0.1, 0.15) is 12.2 Å². The Kier molecular flexibility index (Phi) is 10.8. The number of rotatable bonds is 4. The molecule has 0 aromatic rings. The average molecular weight is 381 g/mol. The smallest absolute Gasteiger partial charge is 0.339 e. The topological polar surface area (TPSA) is 52.6 Å². The number of esters is 2. The summed E-state index contributed by atoms with van der Waals surface area (Å²) in [6.07, 6.45) is 9.44. The molecule has 0 bridgehead atoms. The number of hydrogen-bond acceptors (Lipinski definition) is 4. The fourth-order valence-corrected chi connectivity index (χ4v) is 2.98. The minimum atomic E-state index is -1.21. The van der Waals surface area contributed by atoms with E-state index in [-0.39, 0.29) is 11.9 Å². The zero-order valence-electron chi connectivity index (χ0n) is 14.8. The molecule has 0 saturated heterocycles. The summed E-state index contributed by atoms with van der Waals surface area (Å²) in [5.74, 6) is -1.14. The van der Waals surface area contributed by atoms with Crippen LogP contribution in [0.1, 0.15) is 78.1 Å². The van der Waals surface area contributed by atoms with Gasteiger partial charge in [-0.25, -0.2) is 4.79 Å². The summed E-state index contributed by atoms with van der Waals surface area (Å²) < 4.78 is 11.1. The first-order chi connectivity index (χ1) is 11.4. The van der Waals surface area contributed by atoms with Crippen LogP contribution in [-0.2, 0) is 19.1 Å². The van der Waals surface area contributed by atoms with Crippen molar-refractivity contribution in [2.24, 2.45) is 5.92 Å². The molecule has 0 unspecified atom stereocenters. The third-order valence-corrected chi connectivity index (χ3v) is 4.68. The van der Waals surface area contributed by atoms with Crippen molar-refractivity contribution in [3.8, 4) is 0 Å². The molecule has 140 valence electrons. The van der Waals surface area contributed by atoms with Crippen molar-refractivity contribution >= 4 is 35.1 Å². The minimum Gasteiger partial charge on any atom is -0.458 e. The third kappa shape index (κ3) is 8.57. The van der Waals surface area contributed by atoms with Gasteiger partial charge in [-0.1, -0.05) is 75.6 Å². The van der Waals surface area contributed by atoms with Crippen LogP contribution in [0.15, 0.2) is 0 Å². The normalized spacial score (nSPS) is 24.1. The van der Waals surface area contributed by atoms with E-state index in [9.17, 15) is 9.59 Å². The van der Waals surface area contributed by atoms with Gasteiger partial charge in [0, 0.05) is 0 Å². The molecule has 1 rings (SSSR count). The van der Waals surface area contributed by atoms with Crippen LogP contribution < -0.4 is 0 Å². The lowest BCUT2D eigenvalue weighted by atomic mass is 9.97. The average Bonchev–Trinajstić information content (AvgIpc) is 2.52. The lowest BCUT2D eigenvalue weighted by molar-refractivity contribution is -0.170. The van der Waals surface area contributed by atoms with E-state index in [4.69, 9.17) is 32.7 Å². The van der Waals surface area contributed by atoms with E-state index in [1.54, 1.807) is 13.8 Å². The number of ether oxygens (including phenoxy) is 2. The highest BCUT2D eigenvalue weighted by atomic mass is 35.5. The third-order valence-electron chi connectivity index (χ3n) is 4.33. The molecule has 0 amide bonds. The lowest BCUT2D eigenvalue weighted by Crippen LogP contribution is -2.37. The van der Waals surface area contributed by atoms with E-state index >= 15 is 0 Å². The second-order valence-corrected chi connectivity index (χ2v) is 7.91. The number of halogens is 2. The van der Waals surface area contributed by atoms with E-state index in [1.165, 1.54) is 25.7 Å². The second-order valence-electron chi connectivity index (χ2n) is 6.81. The van der Waals surface area contributed by atoms with Crippen LogP contribution in [0.4, 0.5) is 0 Å². The standard InChI is InChI=1S/C18H30Cl2O4/c1-13(2)17(21)23-14-11-9-7-5-3-4-6-8-10-12-15(14)24-18(22)16(19)20/h13-16H,3-12H2,1-2H3/t14-,15+/m0/s1. The highest BCUT2D eigenvalue weighted by molar-refractivity contribution is 6.52. The SMILES string of the molecule is CC(C)C(=O)O[C@H]1CCCCCCCCCC[C@H]1OC(=O)C(Cl)Cl. The number of alkyl halides is 2. The van der Waals surface area contributed by atoms with Crippen molar-refractivity contribution in [2.45, 2.75) is 95.1 Å². The maximum absolute atomic E-state index is 12.0. The Morgan fingerprint density at radius 2 is 1.12 bits per heavy atom. The fourth-order valence-electron chi connectivity index (χ4n) is 2.88. The molecule has 1 aliphatic carbocycles. The zero-order valence-corrected chi connectivity index (χ0v) is 16.3. The molecule has 2 atom stereocenters. The summed E-state index contributed by atoms with van der Waals surface area (Å²) in [6, 6.07) is 0. The first-order valence-corrected chi connectivity index (χ1v) is 9.98. The highest BCUT2D eigenvalue weighted by Crippen LogP contribution is 2.23. The van der Waals surface area contributed by atoms with Crippen molar-refractivity contribution in [3.05, 3.63) is 0 Å². The number of carbonyl (C=O) groups is 2. The van der Waals surface area contributed by atoms with Gasteiger partial charge in [0.05, 0.1) is 5.92 Å². The highest BCUT2D eigenvalue weighted by Gasteiger charge is 2.30. The van der Waals surface area contributed by atoms with Gasteiger partial charge in [-0.2, -0.15) is 0 Å².